The summed E-state index contributed by atoms with van der Waals surface area (Å²) in [5.74, 6) is 0.947. The standard InChI is InChI=1S/C10H18N2O2S3/c1-8(3-4-15-2)12-17(13,14)10-5-9(6-11)7-16-10/h5,7-8,12H,3-4,6,11H2,1-2H3. The lowest BCUT2D eigenvalue weighted by atomic mass is 10.3. The molecular weight excluding hydrogens is 276 g/mol. The third kappa shape index (κ3) is 4.59. The molecule has 98 valence electrons. The molecular formula is C10H18N2O2S3. The summed E-state index contributed by atoms with van der Waals surface area (Å²) >= 11 is 2.92. The second kappa shape index (κ2) is 6.75. The third-order valence-electron chi connectivity index (χ3n) is 2.24. The van der Waals surface area contributed by atoms with E-state index in [2.05, 4.69) is 4.72 Å². The van der Waals surface area contributed by atoms with Crippen LogP contribution in [-0.2, 0) is 16.6 Å². The van der Waals surface area contributed by atoms with Gasteiger partial charge in [-0.2, -0.15) is 11.8 Å². The van der Waals surface area contributed by atoms with Crippen molar-refractivity contribution in [3.05, 3.63) is 17.0 Å². The maximum absolute atomic E-state index is 12.0. The summed E-state index contributed by atoms with van der Waals surface area (Å²) in [4.78, 5) is 0. The molecule has 1 aromatic heterocycles. The van der Waals surface area contributed by atoms with Gasteiger partial charge in [-0.15, -0.1) is 11.3 Å². The number of nitrogens with two attached hydrogens (primary N) is 1. The van der Waals surface area contributed by atoms with Crippen molar-refractivity contribution in [2.45, 2.75) is 30.1 Å². The van der Waals surface area contributed by atoms with E-state index in [9.17, 15) is 8.42 Å². The summed E-state index contributed by atoms with van der Waals surface area (Å²) in [6, 6.07) is 1.59. The minimum Gasteiger partial charge on any atom is -0.326 e. The number of hydrogen-bond acceptors (Lipinski definition) is 5. The van der Waals surface area contributed by atoms with E-state index >= 15 is 0 Å². The van der Waals surface area contributed by atoms with Crippen LogP contribution in [0.15, 0.2) is 15.7 Å². The van der Waals surface area contributed by atoms with Crippen LogP contribution < -0.4 is 10.5 Å². The molecule has 1 rings (SSSR count). The molecule has 4 nitrogen and oxygen atoms in total. The van der Waals surface area contributed by atoms with Gasteiger partial charge < -0.3 is 5.73 Å². The Kier molecular flexibility index (Phi) is 5.94. The minimum absolute atomic E-state index is 0.0455. The van der Waals surface area contributed by atoms with E-state index in [4.69, 9.17) is 5.73 Å². The molecule has 0 saturated heterocycles. The first-order chi connectivity index (χ1) is 7.99. The van der Waals surface area contributed by atoms with Gasteiger partial charge >= 0.3 is 0 Å². The molecule has 17 heavy (non-hydrogen) atoms. The van der Waals surface area contributed by atoms with Gasteiger partial charge in [0.2, 0.25) is 10.0 Å². The lowest BCUT2D eigenvalue weighted by Gasteiger charge is -2.12. The zero-order valence-electron chi connectivity index (χ0n) is 9.97. The van der Waals surface area contributed by atoms with Crippen LogP contribution in [0.5, 0.6) is 0 Å². The molecule has 3 N–H and O–H groups in total. The maximum atomic E-state index is 12.0. The molecule has 0 aromatic carbocycles. The minimum atomic E-state index is -3.38. The Balaban J connectivity index is 2.68. The van der Waals surface area contributed by atoms with Crippen LogP contribution in [0.25, 0.3) is 0 Å². The van der Waals surface area contributed by atoms with Crippen molar-refractivity contribution in [2.75, 3.05) is 12.0 Å². The molecule has 1 unspecified atom stereocenters. The van der Waals surface area contributed by atoms with Crippen molar-refractivity contribution < 1.29 is 8.42 Å². The molecule has 0 spiro atoms. The van der Waals surface area contributed by atoms with Crippen molar-refractivity contribution in [2.24, 2.45) is 5.73 Å². The molecule has 0 fully saturated rings. The van der Waals surface area contributed by atoms with Crippen LogP contribution >= 0.6 is 23.1 Å². The monoisotopic (exact) mass is 294 g/mol. The predicted molar refractivity (Wildman–Crippen MR) is 75.0 cm³/mol. The summed E-state index contributed by atoms with van der Waals surface area (Å²) in [6.07, 6.45) is 2.84. The molecule has 1 heterocycles. The molecule has 0 radical (unpaired) electrons. The van der Waals surface area contributed by atoms with E-state index in [1.165, 1.54) is 11.3 Å². The van der Waals surface area contributed by atoms with E-state index in [1.807, 2.05) is 13.2 Å². The Bertz CT molecular complexity index is 442. The van der Waals surface area contributed by atoms with Crippen LogP contribution in [-0.4, -0.2) is 26.5 Å². The molecule has 7 heteroatoms. The summed E-state index contributed by atoms with van der Waals surface area (Å²) < 4.78 is 27.0. The zero-order valence-corrected chi connectivity index (χ0v) is 12.4. The number of thioether (sulfide) groups is 1. The summed E-state index contributed by atoms with van der Waals surface area (Å²) in [6.45, 7) is 2.25. The fourth-order valence-corrected chi connectivity index (χ4v) is 4.38. The van der Waals surface area contributed by atoms with Crippen molar-refractivity contribution >= 4 is 33.1 Å². The Hall–Kier alpha value is -0.0800. The summed E-state index contributed by atoms with van der Waals surface area (Å²) in [5.41, 5.74) is 6.32. The van der Waals surface area contributed by atoms with Crippen LogP contribution in [0, 0.1) is 0 Å². The Morgan fingerprint density at radius 2 is 2.29 bits per heavy atom. The highest BCUT2D eigenvalue weighted by Gasteiger charge is 2.18. The van der Waals surface area contributed by atoms with Crippen molar-refractivity contribution in [1.82, 2.24) is 4.72 Å². The van der Waals surface area contributed by atoms with Gasteiger partial charge in [0, 0.05) is 12.6 Å². The van der Waals surface area contributed by atoms with Crippen LogP contribution in [0.1, 0.15) is 18.9 Å². The highest BCUT2D eigenvalue weighted by atomic mass is 32.2. The smallest absolute Gasteiger partial charge is 0.250 e. The lowest BCUT2D eigenvalue weighted by Crippen LogP contribution is -2.32. The summed E-state index contributed by atoms with van der Waals surface area (Å²) in [5, 5.41) is 1.78. The van der Waals surface area contributed by atoms with Crippen molar-refractivity contribution in [3.8, 4) is 0 Å². The molecule has 0 amide bonds. The molecule has 0 aliphatic heterocycles. The van der Waals surface area contributed by atoms with Crippen molar-refractivity contribution in [3.63, 3.8) is 0 Å². The SMILES string of the molecule is CSCCC(C)NS(=O)(=O)c1cc(CN)cs1. The lowest BCUT2D eigenvalue weighted by molar-refractivity contribution is 0.559. The molecule has 0 saturated carbocycles. The van der Waals surface area contributed by atoms with Crippen LogP contribution in [0.3, 0.4) is 0 Å². The summed E-state index contributed by atoms with van der Waals surface area (Å²) in [7, 11) is -3.38. The Morgan fingerprint density at radius 1 is 1.59 bits per heavy atom. The van der Waals surface area contributed by atoms with Gasteiger partial charge in [0.15, 0.2) is 0 Å². The van der Waals surface area contributed by atoms with E-state index in [1.54, 1.807) is 23.2 Å². The van der Waals surface area contributed by atoms with Gasteiger partial charge in [0.25, 0.3) is 0 Å². The van der Waals surface area contributed by atoms with Gasteiger partial charge in [0.1, 0.15) is 4.21 Å². The average Bonchev–Trinajstić information content (AvgIpc) is 2.75. The first-order valence-electron chi connectivity index (χ1n) is 5.28. The topological polar surface area (TPSA) is 72.2 Å². The maximum Gasteiger partial charge on any atom is 0.250 e. The normalized spacial score (nSPS) is 13.8. The second-order valence-corrected chi connectivity index (χ2v) is 7.62. The van der Waals surface area contributed by atoms with E-state index in [0.717, 1.165) is 17.7 Å². The highest BCUT2D eigenvalue weighted by molar-refractivity contribution is 7.98. The largest absolute Gasteiger partial charge is 0.326 e. The molecule has 0 aliphatic rings. The van der Waals surface area contributed by atoms with Gasteiger partial charge in [-0.3, -0.25) is 0 Å². The predicted octanol–water partition coefficient (Wildman–Crippen LogP) is 1.63. The fourth-order valence-electron chi connectivity index (χ4n) is 1.28. The van der Waals surface area contributed by atoms with Gasteiger partial charge in [-0.25, -0.2) is 13.1 Å². The highest BCUT2D eigenvalue weighted by Crippen LogP contribution is 2.20. The number of sulfonamides is 1. The first-order valence-corrected chi connectivity index (χ1v) is 9.04. The van der Waals surface area contributed by atoms with Gasteiger partial charge in [-0.1, -0.05) is 0 Å². The quantitative estimate of drug-likeness (QED) is 0.801. The van der Waals surface area contributed by atoms with Gasteiger partial charge in [0.05, 0.1) is 0 Å². The first kappa shape index (κ1) is 15.0. The Morgan fingerprint density at radius 3 is 2.82 bits per heavy atom. The third-order valence-corrected chi connectivity index (χ3v) is 5.96. The molecule has 1 aromatic rings. The molecule has 0 bridgehead atoms. The second-order valence-electron chi connectivity index (χ2n) is 3.78. The average molecular weight is 294 g/mol. The Labute approximate surface area is 111 Å². The van der Waals surface area contributed by atoms with Crippen LogP contribution in [0.2, 0.25) is 0 Å². The molecule has 1 atom stereocenters. The van der Waals surface area contributed by atoms with E-state index in [-0.39, 0.29) is 6.04 Å². The number of hydrogen-bond donors (Lipinski definition) is 2. The zero-order chi connectivity index (χ0) is 12.9. The van der Waals surface area contributed by atoms with E-state index < -0.39 is 10.0 Å². The number of thiophene rings is 1. The van der Waals surface area contributed by atoms with E-state index in [0.29, 0.717) is 10.8 Å². The van der Waals surface area contributed by atoms with Gasteiger partial charge in [-0.05, 0) is 42.4 Å². The van der Waals surface area contributed by atoms with Crippen molar-refractivity contribution in [1.29, 1.82) is 0 Å². The fraction of sp³-hybridized carbons (Fsp3) is 0.600. The van der Waals surface area contributed by atoms with Crippen LogP contribution in [0.4, 0.5) is 0 Å². The number of rotatable bonds is 7. The number of nitrogens with one attached hydrogen (secondary N) is 1. The molecule has 0 aliphatic carbocycles.